The highest BCUT2D eigenvalue weighted by atomic mass is 16.1. The molecule has 1 aromatic rings. The molecule has 1 aliphatic heterocycles. The lowest BCUT2D eigenvalue weighted by molar-refractivity contribution is -0.119. The van der Waals surface area contributed by atoms with Gasteiger partial charge in [-0.25, -0.2) is 0 Å². The molecule has 0 aromatic carbocycles. The number of hydrogen-bond donors (Lipinski definition) is 2. The van der Waals surface area contributed by atoms with Crippen molar-refractivity contribution >= 4 is 5.91 Å². The van der Waals surface area contributed by atoms with Crippen molar-refractivity contribution < 1.29 is 4.79 Å². The van der Waals surface area contributed by atoms with Gasteiger partial charge < -0.3 is 11.5 Å². The van der Waals surface area contributed by atoms with Crippen LogP contribution in [-0.2, 0) is 4.79 Å². The Labute approximate surface area is 126 Å². The standard InChI is InChI=1S/C16H26N4O/c1-2-14(17)16(13-3-7-19-8-4-13)20-9-5-12(6-10-20)11-15(18)21/h3-4,7-8,12,14,16H,2,5-6,9-11,17H2,1H3,(H2,18,21). The minimum atomic E-state index is -0.190. The summed E-state index contributed by atoms with van der Waals surface area (Å²) in [5, 5.41) is 0. The van der Waals surface area contributed by atoms with Gasteiger partial charge in [0.15, 0.2) is 0 Å². The first-order valence-corrected chi connectivity index (χ1v) is 7.79. The van der Waals surface area contributed by atoms with E-state index in [2.05, 4.69) is 28.9 Å². The number of hydrogen-bond acceptors (Lipinski definition) is 4. The first kappa shape index (κ1) is 15.9. The van der Waals surface area contributed by atoms with E-state index in [0.717, 1.165) is 32.4 Å². The van der Waals surface area contributed by atoms with E-state index in [9.17, 15) is 4.79 Å². The summed E-state index contributed by atoms with van der Waals surface area (Å²) < 4.78 is 0. The summed E-state index contributed by atoms with van der Waals surface area (Å²) in [5.41, 5.74) is 12.9. The molecule has 2 unspecified atom stereocenters. The van der Waals surface area contributed by atoms with Crippen LogP contribution in [-0.4, -0.2) is 34.9 Å². The van der Waals surface area contributed by atoms with E-state index in [4.69, 9.17) is 11.5 Å². The minimum absolute atomic E-state index is 0.111. The van der Waals surface area contributed by atoms with Gasteiger partial charge in [0.05, 0.1) is 0 Å². The lowest BCUT2D eigenvalue weighted by Gasteiger charge is -2.40. The van der Waals surface area contributed by atoms with Crippen LogP contribution in [0.25, 0.3) is 0 Å². The first-order valence-electron chi connectivity index (χ1n) is 7.79. The highest BCUT2D eigenvalue weighted by Gasteiger charge is 2.29. The second-order valence-electron chi connectivity index (χ2n) is 5.95. The number of carbonyl (C=O) groups excluding carboxylic acids is 1. The van der Waals surface area contributed by atoms with Crippen LogP contribution in [0.5, 0.6) is 0 Å². The Hall–Kier alpha value is -1.46. The fourth-order valence-electron chi connectivity index (χ4n) is 3.23. The Morgan fingerprint density at radius 3 is 2.52 bits per heavy atom. The second-order valence-corrected chi connectivity index (χ2v) is 5.95. The Kier molecular flexibility index (Phi) is 5.70. The van der Waals surface area contributed by atoms with Crippen molar-refractivity contribution in [1.29, 1.82) is 0 Å². The van der Waals surface area contributed by atoms with Crippen LogP contribution in [0, 0.1) is 5.92 Å². The van der Waals surface area contributed by atoms with Crippen LogP contribution >= 0.6 is 0 Å². The monoisotopic (exact) mass is 290 g/mol. The zero-order valence-electron chi connectivity index (χ0n) is 12.7. The number of carbonyl (C=O) groups is 1. The van der Waals surface area contributed by atoms with Gasteiger partial charge in [0.2, 0.25) is 5.91 Å². The number of aromatic nitrogens is 1. The lowest BCUT2D eigenvalue weighted by atomic mass is 9.89. The fourth-order valence-corrected chi connectivity index (χ4v) is 3.23. The van der Waals surface area contributed by atoms with Crippen molar-refractivity contribution in [2.45, 2.75) is 44.7 Å². The van der Waals surface area contributed by atoms with Gasteiger partial charge in [-0.1, -0.05) is 6.92 Å². The number of likely N-dealkylation sites (tertiary alicyclic amines) is 1. The number of primary amides is 1. The Bertz CT molecular complexity index is 443. The SMILES string of the molecule is CCC(N)C(c1ccncc1)N1CCC(CC(N)=O)CC1. The van der Waals surface area contributed by atoms with E-state index >= 15 is 0 Å². The molecule has 1 aliphatic rings. The summed E-state index contributed by atoms with van der Waals surface area (Å²) in [6, 6.07) is 4.44. The number of piperidine rings is 1. The summed E-state index contributed by atoms with van der Waals surface area (Å²) in [7, 11) is 0. The normalized spacial score (nSPS) is 20.1. The van der Waals surface area contributed by atoms with Crippen LogP contribution in [0.1, 0.15) is 44.2 Å². The van der Waals surface area contributed by atoms with Crippen molar-refractivity contribution in [3.63, 3.8) is 0 Å². The molecule has 4 N–H and O–H groups in total. The van der Waals surface area contributed by atoms with E-state index in [-0.39, 0.29) is 18.0 Å². The largest absolute Gasteiger partial charge is 0.370 e. The van der Waals surface area contributed by atoms with E-state index in [0.29, 0.717) is 12.3 Å². The molecule has 2 atom stereocenters. The van der Waals surface area contributed by atoms with Crippen LogP contribution in [0.3, 0.4) is 0 Å². The van der Waals surface area contributed by atoms with E-state index in [1.54, 1.807) is 0 Å². The fraction of sp³-hybridized carbons (Fsp3) is 0.625. The molecule has 0 saturated carbocycles. The summed E-state index contributed by atoms with van der Waals surface area (Å²) in [6.07, 6.45) is 7.12. The van der Waals surface area contributed by atoms with Crippen molar-refractivity contribution in [2.24, 2.45) is 17.4 Å². The van der Waals surface area contributed by atoms with Crippen LogP contribution in [0.15, 0.2) is 24.5 Å². The van der Waals surface area contributed by atoms with Gasteiger partial charge in [-0.05, 0) is 56.0 Å². The zero-order chi connectivity index (χ0) is 15.2. The number of nitrogens with zero attached hydrogens (tertiary/aromatic N) is 2. The molecular formula is C16H26N4O. The summed E-state index contributed by atoms with van der Waals surface area (Å²) in [4.78, 5) is 17.6. The topological polar surface area (TPSA) is 85.2 Å². The van der Waals surface area contributed by atoms with E-state index in [1.807, 2.05) is 12.4 Å². The molecule has 2 rings (SSSR count). The van der Waals surface area contributed by atoms with E-state index < -0.39 is 0 Å². The Balaban J connectivity index is 2.04. The zero-order valence-corrected chi connectivity index (χ0v) is 12.7. The highest BCUT2D eigenvalue weighted by molar-refractivity contribution is 5.73. The molecule has 0 spiro atoms. The third kappa shape index (κ3) is 4.25. The Morgan fingerprint density at radius 1 is 1.38 bits per heavy atom. The van der Waals surface area contributed by atoms with Gasteiger partial charge in [0.1, 0.15) is 0 Å². The third-order valence-corrected chi connectivity index (χ3v) is 4.46. The molecule has 1 amide bonds. The average molecular weight is 290 g/mol. The summed E-state index contributed by atoms with van der Waals surface area (Å²) in [6.45, 7) is 4.07. The van der Waals surface area contributed by atoms with Crippen LogP contribution in [0.4, 0.5) is 0 Å². The Morgan fingerprint density at radius 2 is 2.00 bits per heavy atom. The van der Waals surface area contributed by atoms with Gasteiger partial charge in [-0.15, -0.1) is 0 Å². The van der Waals surface area contributed by atoms with Crippen LogP contribution < -0.4 is 11.5 Å². The van der Waals surface area contributed by atoms with Gasteiger partial charge in [-0.3, -0.25) is 14.7 Å². The molecule has 0 bridgehead atoms. The molecule has 1 saturated heterocycles. The lowest BCUT2D eigenvalue weighted by Crippen LogP contribution is -2.45. The maximum absolute atomic E-state index is 11.0. The number of nitrogens with two attached hydrogens (primary N) is 2. The van der Waals surface area contributed by atoms with Gasteiger partial charge in [0, 0.05) is 30.9 Å². The molecule has 0 radical (unpaired) electrons. The molecule has 5 nitrogen and oxygen atoms in total. The second kappa shape index (κ2) is 7.52. The molecule has 1 fully saturated rings. The third-order valence-electron chi connectivity index (χ3n) is 4.46. The molecular weight excluding hydrogens is 264 g/mol. The first-order chi connectivity index (χ1) is 10.1. The molecule has 0 aliphatic carbocycles. The van der Waals surface area contributed by atoms with Crippen molar-refractivity contribution in [3.8, 4) is 0 Å². The maximum Gasteiger partial charge on any atom is 0.217 e. The number of pyridine rings is 1. The highest BCUT2D eigenvalue weighted by Crippen LogP contribution is 2.30. The van der Waals surface area contributed by atoms with Gasteiger partial charge >= 0.3 is 0 Å². The maximum atomic E-state index is 11.0. The number of rotatable bonds is 6. The van der Waals surface area contributed by atoms with E-state index in [1.165, 1.54) is 5.56 Å². The van der Waals surface area contributed by atoms with Crippen molar-refractivity contribution in [3.05, 3.63) is 30.1 Å². The number of amides is 1. The quantitative estimate of drug-likeness (QED) is 0.830. The predicted molar refractivity (Wildman–Crippen MR) is 83.4 cm³/mol. The van der Waals surface area contributed by atoms with Crippen molar-refractivity contribution in [1.82, 2.24) is 9.88 Å². The summed E-state index contributed by atoms with van der Waals surface area (Å²) >= 11 is 0. The van der Waals surface area contributed by atoms with Gasteiger partial charge in [-0.2, -0.15) is 0 Å². The molecule has 1 aromatic heterocycles. The van der Waals surface area contributed by atoms with Crippen LogP contribution in [0.2, 0.25) is 0 Å². The van der Waals surface area contributed by atoms with Gasteiger partial charge in [0.25, 0.3) is 0 Å². The average Bonchev–Trinajstić information content (AvgIpc) is 2.49. The molecule has 5 heteroatoms. The minimum Gasteiger partial charge on any atom is -0.370 e. The predicted octanol–water partition coefficient (Wildman–Crippen LogP) is 1.45. The summed E-state index contributed by atoms with van der Waals surface area (Å²) in [5.74, 6) is 0.235. The van der Waals surface area contributed by atoms with Crippen molar-refractivity contribution in [2.75, 3.05) is 13.1 Å². The smallest absolute Gasteiger partial charge is 0.217 e. The molecule has 116 valence electrons. The molecule has 2 heterocycles. The molecule has 21 heavy (non-hydrogen) atoms.